The quantitative estimate of drug-likeness (QED) is 0.826. The Kier molecular flexibility index (Phi) is 6.96. The normalized spacial score (nSPS) is 25.1. The van der Waals surface area contributed by atoms with Crippen LogP contribution in [0.4, 0.5) is 0 Å². The number of likely N-dealkylation sites (tertiary alicyclic amines) is 1. The molecule has 1 atom stereocenters. The van der Waals surface area contributed by atoms with E-state index in [1.807, 2.05) is 28.0 Å². The summed E-state index contributed by atoms with van der Waals surface area (Å²) in [7, 11) is 0. The van der Waals surface area contributed by atoms with Gasteiger partial charge in [-0.05, 0) is 31.2 Å². The predicted molar refractivity (Wildman–Crippen MR) is 110 cm³/mol. The van der Waals surface area contributed by atoms with Crippen molar-refractivity contribution >= 4 is 24.2 Å². The van der Waals surface area contributed by atoms with Crippen LogP contribution in [-0.4, -0.2) is 73.6 Å². The van der Waals surface area contributed by atoms with Crippen LogP contribution in [0.3, 0.4) is 0 Å². The van der Waals surface area contributed by atoms with Crippen molar-refractivity contribution < 1.29 is 14.3 Å². The maximum Gasteiger partial charge on any atom is 0.236 e. The van der Waals surface area contributed by atoms with Gasteiger partial charge in [0.2, 0.25) is 11.8 Å². The monoisotopic (exact) mass is 407 g/mol. The van der Waals surface area contributed by atoms with E-state index in [1.54, 1.807) is 0 Å². The summed E-state index contributed by atoms with van der Waals surface area (Å²) < 4.78 is 5.58. The first-order valence-corrected chi connectivity index (χ1v) is 10.1. The average molecular weight is 408 g/mol. The van der Waals surface area contributed by atoms with E-state index in [-0.39, 0.29) is 30.3 Å². The molecule has 3 aliphatic rings. The van der Waals surface area contributed by atoms with Gasteiger partial charge in [-0.25, -0.2) is 0 Å². The van der Waals surface area contributed by atoms with Gasteiger partial charge in [-0.3, -0.25) is 9.59 Å². The molecule has 3 saturated heterocycles. The summed E-state index contributed by atoms with van der Waals surface area (Å²) in [5, 5.41) is 3.13. The lowest BCUT2D eigenvalue weighted by Gasteiger charge is -2.45. The molecule has 0 aromatic heterocycles. The van der Waals surface area contributed by atoms with Gasteiger partial charge in [-0.2, -0.15) is 0 Å². The highest BCUT2D eigenvalue weighted by molar-refractivity contribution is 5.89. The minimum atomic E-state index is -0.491. The van der Waals surface area contributed by atoms with E-state index in [0.717, 1.165) is 50.9 Å². The van der Waals surface area contributed by atoms with Crippen molar-refractivity contribution in [3.8, 4) is 0 Å². The molecule has 0 aliphatic carbocycles. The third-order valence-corrected chi connectivity index (χ3v) is 6.33. The molecule has 0 bridgehead atoms. The Morgan fingerprint density at radius 3 is 2.61 bits per heavy atom. The summed E-state index contributed by atoms with van der Waals surface area (Å²) in [6.07, 6.45) is 3.39. The van der Waals surface area contributed by atoms with E-state index in [9.17, 15) is 9.59 Å². The maximum atomic E-state index is 13.7. The summed E-state index contributed by atoms with van der Waals surface area (Å²) in [4.78, 5) is 30.0. The van der Waals surface area contributed by atoms with Crippen LogP contribution in [0.1, 0.15) is 31.2 Å². The van der Waals surface area contributed by atoms with Crippen LogP contribution in [0.2, 0.25) is 0 Å². The zero-order chi connectivity index (χ0) is 18.7. The fourth-order valence-electron chi connectivity index (χ4n) is 4.81. The minimum absolute atomic E-state index is 0. The Hall–Kier alpha value is -1.63. The van der Waals surface area contributed by atoms with Crippen molar-refractivity contribution in [2.75, 3.05) is 45.9 Å². The number of carbonyl (C=O) groups is 2. The molecule has 1 aromatic carbocycles. The maximum absolute atomic E-state index is 13.7. The highest BCUT2D eigenvalue weighted by atomic mass is 35.5. The number of hydrogen-bond donors (Lipinski definition) is 1. The zero-order valence-corrected chi connectivity index (χ0v) is 17.1. The molecule has 28 heavy (non-hydrogen) atoms. The van der Waals surface area contributed by atoms with Gasteiger partial charge < -0.3 is 19.9 Å². The van der Waals surface area contributed by atoms with E-state index in [0.29, 0.717) is 26.3 Å². The molecule has 2 amide bonds. The number of piperidine rings is 1. The third kappa shape index (κ3) is 4.04. The number of hydrogen-bond acceptors (Lipinski definition) is 4. The molecule has 4 rings (SSSR count). The topological polar surface area (TPSA) is 61.9 Å². The Bertz CT molecular complexity index is 679. The molecule has 1 unspecified atom stereocenters. The van der Waals surface area contributed by atoms with Gasteiger partial charge in [0, 0.05) is 45.4 Å². The lowest BCUT2D eigenvalue weighted by Crippen LogP contribution is -2.59. The zero-order valence-electron chi connectivity index (χ0n) is 16.3. The molecule has 3 heterocycles. The van der Waals surface area contributed by atoms with Gasteiger partial charge in [0.1, 0.15) is 0 Å². The van der Waals surface area contributed by atoms with Gasteiger partial charge in [0.15, 0.2) is 0 Å². The van der Waals surface area contributed by atoms with Crippen LogP contribution >= 0.6 is 12.4 Å². The first-order valence-electron chi connectivity index (χ1n) is 10.1. The van der Waals surface area contributed by atoms with Crippen LogP contribution in [0.15, 0.2) is 30.3 Å². The van der Waals surface area contributed by atoms with Crippen LogP contribution in [0, 0.1) is 0 Å². The van der Waals surface area contributed by atoms with Gasteiger partial charge in [-0.1, -0.05) is 30.3 Å². The SMILES string of the molecule is Cl.O=C1CNCCN1C1CCCN(C(=O)C2(c3ccccc3)CCOCC2)C1. The highest BCUT2D eigenvalue weighted by Gasteiger charge is 2.45. The van der Waals surface area contributed by atoms with Crippen LogP contribution in [-0.2, 0) is 19.7 Å². The molecule has 6 nitrogen and oxygen atoms in total. The number of halogens is 1. The predicted octanol–water partition coefficient (Wildman–Crippen LogP) is 1.58. The van der Waals surface area contributed by atoms with Crippen molar-refractivity contribution in [3.05, 3.63) is 35.9 Å². The van der Waals surface area contributed by atoms with E-state index < -0.39 is 5.41 Å². The first kappa shape index (κ1) is 21.1. The number of ether oxygens (including phenoxy) is 1. The number of amides is 2. The molecule has 0 saturated carbocycles. The third-order valence-electron chi connectivity index (χ3n) is 6.33. The Labute approximate surface area is 173 Å². The van der Waals surface area contributed by atoms with Crippen molar-refractivity contribution in [2.24, 2.45) is 0 Å². The van der Waals surface area contributed by atoms with Crippen LogP contribution in [0.5, 0.6) is 0 Å². The van der Waals surface area contributed by atoms with Crippen molar-refractivity contribution in [3.63, 3.8) is 0 Å². The molecular formula is C21H30ClN3O3. The van der Waals surface area contributed by atoms with Gasteiger partial charge >= 0.3 is 0 Å². The summed E-state index contributed by atoms with van der Waals surface area (Å²) in [5.74, 6) is 0.369. The molecule has 3 aliphatic heterocycles. The second-order valence-electron chi connectivity index (χ2n) is 7.87. The molecule has 154 valence electrons. The van der Waals surface area contributed by atoms with E-state index in [1.165, 1.54) is 0 Å². The largest absolute Gasteiger partial charge is 0.381 e. The number of benzene rings is 1. The minimum Gasteiger partial charge on any atom is -0.381 e. The summed E-state index contributed by atoms with van der Waals surface area (Å²) in [6, 6.07) is 10.3. The summed E-state index contributed by atoms with van der Waals surface area (Å²) in [5.41, 5.74) is 0.605. The second kappa shape index (κ2) is 9.25. The molecule has 1 aromatic rings. The lowest BCUT2D eigenvalue weighted by molar-refractivity contribution is -0.146. The number of piperazine rings is 1. The summed E-state index contributed by atoms with van der Waals surface area (Å²) in [6.45, 7) is 4.66. The Morgan fingerprint density at radius 2 is 1.89 bits per heavy atom. The van der Waals surface area contributed by atoms with Crippen molar-refractivity contribution in [1.29, 1.82) is 0 Å². The lowest BCUT2D eigenvalue weighted by atomic mass is 9.72. The Morgan fingerprint density at radius 1 is 1.14 bits per heavy atom. The summed E-state index contributed by atoms with van der Waals surface area (Å²) >= 11 is 0. The fourth-order valence-corrected chi connectivity index (χ4v) is 4.81. The molecule has 3 fully saturated rings. The highest BCUT2D eigenvalue weighted by Crippen LogP contribution is 2.37. The first-order chi connectivity index (χ1) is 13.2. The molecule has 1 N–H and O–H groups in total. The van der Waals surface area contributed by atoms with E-state index in [4.69, 9.17) is 4.74 Å². The molecule has 0 spiro atoms. The van der Waals surface area contributed by atoms with E-state index in [2.05, 4.69) is 17.4 Å². The molecule has 7 heteroatoms. The molecule has 0 radical (unpaired) electrons. The number of carbonyl (C=O) groups excluding carboxylic acids is 2. The van der Waals surface area contributed by atoms with Crippen molar-refractivity contribution in [2.45, 2.75) is 37.1 Å². The smallest absolute Gasteiger partial charge is 0.236 e. The number of rotatable bonds is 3. The Balaban J connectivity index is 0.00000225. The average Bonchev–Trinajstić information content (AvgIpc) is 2.75. The van der Waals surface area contributed by atoms with Crippen molar-refractivity contribution in [1.82, 2.24) is 15.1 Å². The van der Waals surface area contributed by atoms with Gasteiger partial charge in [0.25, 0.3) is 0 Å². The van der Waals surface area contributed by atoms with Gasteiger partial charge in [0.05, 0.1) is 12.0 Å². The second-order valence-corrected chi connectivity index (χ2v) is 7.87. The van der Waals surface area contributed by atoms with Crippen LogP contribution in [0.25, 0.3) is 0 Å². The van der Waals surface area contributed by atoms with E-state index >= 15 is 0 Å². The standard InChI is InChI=1S/C21H29N3O3.ClH/c25-19-15-22-10-12-24(19)18-7-4-11-23(16-18)20(26)21(8-13-27-14-9-21)17-5-2-1-3-6-17;/h1-3,5-6,18,22H,4,7-16H2;1H. The fraction of sp³-hybridized carbons (Fsp3) is 0.619. The number of nitrogens with zero attached hydrogens (tertiary/aromatic N) is 2. The molecular weight excluding hydrogens is 378 g/mol. The van der Waals surface area contributed by atoms with Crippen LogP contribution < -0.4 is 5.32 Å². The number of nitrogens with one attached hydrogen (secondary N) is 1. The van der Waals surface area contributed by atoms with Gasteiger partial charge in [-0.15, -0.1) is 12.4 Å².